The van der Waals surface area contributed by atoms with E-state index in [1.807, 2.05) is 42.5 Å². The molecule has 0 saturated heterocycles. The van der Waals surface area contributed by atoms with E-state index in [1.54, 1.807) is 0 Å². The van der Waals surface area contributed by atoms with Crippen molar-refractivity contribution in [3.63, 3.8) is 0 Å². The van der Waals surface area contributed by atoms with Crippen LogP contribution in [-0.4, -0.2) is 10.1 Å². The molecular formula is C27H28BrN3O. The van der Waals surface area contributed by atoms with Gasteiger partial charge in [-0.05, 0) is 40.7 Å². The van der Waals surface area contributed by atoms with Crippen LogP contribution in [0.4, 0.5) is 5.69 Å². The van der Waals surface area contributed by atoms with E-state index in [4.69, 9.17) is 9.51 Å². The maximum absolute atomic E-state index is 5.82. The average Bonchev–Trinajstić information content (AvgIpc) is 3.27. The van der Waals surface area contributed by atoms with E-state index < -0.39 is 0 Å². The Bertz CT molecular complexity index is 1160. The molecule has 0 aliphatic heterocycles. The van der Waals surface area contributed by atoms with Crippen LogP contribution in [0, 0.1) is 0 Å². The summed E-state index contributed by atoms with van der Waals surface area (Å²) in [6.07, 6.45) is 0. The molecule has 1 atom stereocenters. The number of nitrogens with zero attached hydrogens (tertiary/aromatic N) is 2. The summed E-state index contributed by atoms with van der Waals surface area (Å²) >= 11 is 3.59. The lowest BCUT2D eigenvalue weighted by molar-refractivity contribution is 0.372. The highest BCUT2D eigenvalue weighted by Crippen LogP contribution is 2.37. The Morgan fingerprint density at radius 1 is 0.781 bits per heavy atom. The highest BCUT2D eigenvalue weighted by molar-refractivity contribution is 9.10. The van der Waals surface area contributed by atoms with E-state index in [-0.39, 0.29) is 6.04 Å². The predicted octanol–water partition coefficient (Wildman–Crippen LogP) is 7.95. The molecular weight excluding hydrogens is 462 g/mol. The van der Waals surface area contributed by atoms with Crippen LogP contribution in [0.25, 0.3) is 11.4 Å². The fourth-order valence-electron chi connectivity index (χ4n) is 3.90. The predicted molar refractivity (Wildman–Crippen MR) is 134 cm³/mol. The molecule has 32 heavy (non-hydrogen) atoms. The molecule has 3 aromatic carbocycles. The first-order valence-electron chi connectivity index (χ1n) is 11.0. The lowest BCUT2D eigenvalue weighted by Gasteiger charge is -2.25. The van der Waals surface area contributed by atoms with Crippen molar-refractivity contribution in [2.75, 3.05) is 5.32 Å². The molecule has 5 heteroatoms. The van der Waals surface area contributed by atoms with Crippen LogP contribution in [0.15, 0.2) is 81.8 Å². The second-order valence-electron chi connectivity index (χ2n) is 8.54. The lowest BCUT2D eigenvalue weighted by Crippen LogP contribution is -2.16. The Morgan fingerprint density at radius 3 is 2.03 bits per heavy atom. The van der Waals surface area contributed by atoms with Gasteiger partial charge in [0.1, 0.15) is 6.04 Å². The largest absolute Gasteiger partial charge is 0.370 e. The van der Waals surface area contributed by atoms with E-state index in [2.05, 4.69) is 84.4 Å². The van der Waals surface area contributed by atoms with Crippen LogP contribution in [-0.2, 0) is 0 Å². The van der Waals surface area contributed by atoms with Gasteiger partial charge < -0.3 is 9.84 Å². The molecule has 4 nitrogen and oxygen atoms in total. The zero-order valence-corrected chi connectivity index (χ0v) is 20.4. The third kappa shape index (κ3) is 4.63. The topological polar surface area (TPSA) is 51.0 Å². The average molecular weight is 490 g/mol. The molecule has 0 spiro atoms. The number of rotatable bonds is 7. The monoisotopic (exact) mass is 489 g/mol. The van der Waals surface area contributed by atoms with E-state index in [0.717, 1.165) is 21.3 Å². The van der Waals surface area contributed by atoms with Crippen molar-refractivity contribution in [2.45, 2.75) is 45.6 Å². The Balaban J connectivity index is 1.81. The molecule has 4 rings (SSSR count). The van der Waals surface area contributed by atoms with Crippen LogP contribution < -0.4 is 5.32 Å². The third-order valence-electron chi connectivity index (χ3n) is 5.60. The van der Waals surface area contributed by atoms with Gasteiger partial charge in [-0.2, -0.15) is 4.98 Å². The lowest BCUT2D eigenvalue weighted by atomic mass is 9.91. The molecule has 0 radical (unpaired) electrons. The molecule has 0 fully saturated rings. The summed E-state index contributed by atoms with van der Waals surface area (Å²) in [6.45, 7) is 8.89. The van der Waals surface area contributed by atoms with Crippen molar-refractivity contribution in [2.24, 2.45) is 0 Å². The van der Waals surface area contributed by atoms with Gasteiger partial charge in [0.25, 0.3) is 5.89 Å². The maximum Gasteiger partial charge on any atom is 0.254 e. The van der Waals surface area contributed by atoms with Crippen LogP contribution in [0.3, 0.4) is 0 Å². The molecule has 0 saturated carbocycles. The summed E-state index contributed by atoms with van der Waals surface area (Å²) < 4.78 is 6.75. The zero-order valence-electron chi connectivity index (χ0n) is 18.8. The standard InChI is InChI=1S/C27H28BrN3O/c1-17(2)20-14-10-15-21(18(3)4)25(20)29-24(19-11-6-5-7-12-19)27-30-26(31-32-27)22-13-8-9-16-23(22)28/h5-18,24,29H,1-4H3. The van der Waals surface area contributed by atoms with Gasteiger partial charge in [-0.1, -0.05) is 109 Å². The summed E-state index contributed by atoms with van der Waals surface area (Å²) in [4.78, 5) is 4.79. The van der Waals surface area contributed by atoms with E-state index in [0.29, 0.717) is 23.6 Å². The van der Waals surface area contributed by atoms with Crippen molar-refractivity contribution in [1.29, 1.82) is 0 Å². The van der Waals surface area contributed by atoms with Gasteiger partial charge in [0.05, 0.1) is 0 Å². The summed E-state index contributed by atoms with van der Waals surface area (Å²) in [5.74, 6) is 1.86. The molecule has 1 heterocycles. The second kappa shape index (κ2) is 9.70. The van der Waals surface area contributed by atoms with Crippen molar-refractivity contribution in [1.82, 2.24) is 10.1 Å². The van der Waals surface area contributed by atoms with Crippen LogP contribution in [0.5, 0.6) is 0 Å². The first kappa shape index (κ1) is 22.3. The fraction of sp³-hybridized carbons (Fsp3) is 0.259. The van der Waals surface area contributed by atoms with Gasteiger partial charge in [-0.15, -0.1) is 0 Å². The first-order valence-corrected chi connectivity index (χ1v) is 11.8. The molecule has 1 unspecified atom stereocenters. The number of hydrogen-bond donors (Lipinski definition) is 1. The summed E-state index contributed by atoms with van der Waals surface area (Å²) in [7, 11) is 0. The number of benzene rings is 3. The van der Waals surface area contributed by atoms with Crippen molar-refractivity contribution in [3.8, 4) is 11.4 Å². The van der Waals surface area contributed by atoms with Crippen molar-refractivity contribution >= 4 is 21.6 Å². The third-order valence-corrected chi connectivity index (χ3v) is 6.29. The minimum absolute atomic E-state index is 0.266. The van der Waals surface area contributed by atoms with Crippen LogP contribution in [0.2, 0.25) is 0 Å². The minimum Gasteiger partial charge on any atom is -0.370 e. The van der Waals surface area contributed by atoms with Gasteiger partial charge >= 0.3 is 0 Å². The molecule has 1 N–H and O–H groups in total. The highest BCUT2D eigenvalue weighted by atomic mass is 79.9. The smallest absolute Gasteiger partial charge is 0.254 e. The van der Waals surface area contributed by atoms with Crippen molar-refractivity contribution in [3.05, 3.63) is 99.9 Å². The first-order chi connectivity index (χ1) is 15.5. The number of aromatic nitrogens is 2. The van der Waals surface area contributed by atoms with E-state index in [1.165, 1.54) is 11.1 Å². The van der Waals surface area contributed by atoms with Crippen molar-refractivity contribution < 1.29 is 4.52 Å². The summed E-state index contributed by atoms with van der Waals surface area (Å²) in [5, 5.41) is 8.08. The minimum atomic E-state index is -0.266. The number of anilines is 1. The summed E-state index contributed by atoms with van der Waals surface area (Å²) in [6, 6.07) is 24.4. The highest BCUT2D eigenvalue weighted by Gasteiger charge is 2.25. The van der Waals surface area contributed by atoms with Crippen LogP contribution in [0.1, 0.15) is 68.2 Å². The Labute approximate surface area is 198 Å². The van der Waals surface area contributed by atoms with Gasteiger partial charge in [0.2, 0.25) is 5.82 Å². The molecule has 0 amide bonds. The molecule has 0 aliphatic carbocycles. The molecule has 0 aliphatic rings. The maximum atomic E-state index is 5.82. The van der Waals surface area contributed by atoms with Gasteiger partial charge in [-0.25, -0.2) is 0 Å². The Hall–Kier alpha value is -2.92. The Morgan fingerprint density at radius 2 is 1.41 bits per heavy atom. The van der Waals surface area contributed by atoms with Gasteiger partial charge in [-0.3, -0.25) is 0 Å². The quantitative estimate of drug-likeness (QED) is 0.286. The number of para-hydroxylation sites is 1. The van der Waals surface area contributed by atoms with E-state index in [9.17, 15) is 0 Å². The molecule has 4 aromatic rings. The van der Waals surface area contributed by atoms with E-state index >= 15 is 0 Å². The SMILES string of the molecule is CC(C)c1cccc(C(C)C)c1NC(c1ccccc1)c1nc(-c2ccccc2Br)no1. The molecule has 164 valence electrons. The summed E-state index contributed by atoms with van der Waals surface area (Å²) in [5.41, 5.74) is 5.68. The number of nitrogens with one attached hydrogen (secondary N) is 1. The number of hydrogen-bond acceptors (Lipinski definition) is 4. The second-order valence-corrected chi connectivity index (χ2v) is 9.40. The normalized spacial score (nSPS) is 12.3. The zero-order chi connectivity index (χ0) is 22.7. The van der Waals surface area contributed by atoms with Gasteiger partial charge in [0.15, 0.2) is 0 Å². The van der Waals surface area contributed by atoms with Gasteiger partial charge in [0, 0.05) is 15.7 Å². The van der Waals surface area contributed by atoms with Crippen LogP contribution >= 0.6 is 15.9 Å². The fourth-order valence-corrected chi connectivity index (χ4v) is 4.36. The Kier molecular flexibility index (Phi) is 6.75. The molecule has 1 aromatic heterocycles. The number of halogens is 1. The molecule has 0 bridgehead atoms.